The van der Waals surface area contributed by atoms with Crippen molar-refractivity contribution in [3.05, 3.63) is 96.1 Å². The standard InChI is InChI=1S/C30H16F6N2O2/c31-29(32,33)39-26-13-24-22(11-20(26)17-7-3-1-4-8-17)23-12-21(18-9-5-2-6-10-18)27(40-30(34,35)36)14-25(23)28(24)19(15-37)16-38/h1-14,19,28H. The maximum atomic E-state index is 13.4. The summed E-state index contributed by atoms with van der Waals surface area (Å²) in [7, 11) is 0. The third-order valence-corrected chi connectivity index (χ3v) is 6.50. The fourth-order valence-corrected chi connectivity index (χ4v) is 4.98. The number of rotatable bonds is 5. The van der Waals surface area contributed by atoms with Crippen molar-refractivity contribution in [3.63, 3.8) is 0 Å². The van der Waals surface area contributed by atoms with Gasteiger partial charge < -0.3 is 9.47 Å². The highest BCUT2D eigenvalue weighted by Gasteiger charge is 2.40. The molecule has 0 radical (unpaired) electrons. The quantitative estimate of drug-likeness (QED) is 0.234. The Labute approximate surface area is 224 Å². The van der Waals surface area contributed by atoms with E-state index in [-0.39, 0.29) is 22.3 Å². The van der Waals surface area contributed by atoms with E-state index in [1.165, 1.54) is 12.1 Å². The first-order valence-corrected chi connectivity index (χ1v) is 11.8. The molecule has 0 aliphatic heterocycles. The van der Waals surface area contributed by atoms with Gasteiger partial charge >= 0.3 is 12.7 Å². The van der Waals surface area contributed by atoms with Crippen LogP contribution in [0.1, 0.15) is 17.0 Å². The average molecular weight is 550 g/mol. The molecule has 1 aliphatic rings. The van der Waals surface area contributed by atoms with Crippen molar-refractivity contribution in [1.82, 2.24) is 0 Å². The van der Waals surface area contributed by atoms with Crippen molar-refractivity contribution in [2.24, 2.45) is 5.92 Å². The lowest BCUT2D eigenvalue weighted by Gasteiger charge is -2.19. The lowest BCUT2D eigenvalue weighted by atomic mass is 9.84. The van der Waals surface area contributed by atoms with E-state index in [0.717, 1.165) is 12.1 Å². The van der Waals surface area contributed by atoms with E-state index < -0.39 is 36.1 Å². The van der Waals surface area contributed by atoms with Crippen LogP contribution in [-0.4, -0.2) is 12.7 Å². The van der Waals surface area contributed by atoms with Crippen LogP contribution in [0, 0.1) is 28.6 Å². The molecule has 0 N–H and O–H groups in total. The zero-order valence-electron chi connectivity index (χ0n) is 20.2. The molecule has 5 rings (SSSR count). The molecule has 4 aromatic carbocycles. The first-order valence-electron chi connectivity index (χ1n) is 11.8. The van der Waals surface area contributed by atoms with Gasteiger partial charge in [-0.3, -0.25) is 0 Å². The number of benzene rings is 4. The van der Waals surface area contributed by atoms with Gasteiger partial charge in [0.15, 0.2) is 0 Å². The molecule has 1 aliphatic carbocycles. The Morgan fingerprint density at radius 3 is 1.27 bits per heavy atom. The highest BCUT2D eigenvalue weighted by Crippen LogP contribution is 2.54. The van der Waals surface area contributed by atoms with Crippen LogP contribution >= 0.6 is 0 Å². The van der Waals surface area contributed by atoms with Gasteiger partial charge in [0.05, 0.1) is 12.1 Å². The van der Waals surface area contributed by atoms with Gasteiger partial charge in [0, 0.05) is 17.0 Å². The van der Waals surface area contributed by atoms with E-state index in [1.54, 1.807) is 60.7 Å². The van der Waals surface area contributed by atoms with Crippen LogP contribution < -0.4 is 9.47 Å². The molecule has 0 unspecified atom stereocenters. The first kappa shape index (κ1) is 26.6. The van der Waals surface area contributed by atoms with Crippen LogP contribution in [0.25, 0.3) is 33.4 Å². The Bertz CT molecular complexity index is 1530. The zero-order chi connectivity index (χ0) is 28.7. The number of hydrogen-bond donors (Lipinski definition) is 0. The number of nitriles is 2. The summed E-state index contributed by atoms with van der Waals surface area (Å²) < 4.78 is 89.3. The molecule has 0 amide bonds. The molecule has 40 heavy (non-hydrogen) atoms. The predicted molar refractivity (Wildman–Crippen MR) is 133 cm³/mol. The number of nitrogens with zero attached hydrogens (tertiary/aromatic N) is 2. The third-order valence-electron chi connectivity index (χ3n) is 6.50. The molecule has 0 heterocycles. The van der Waals surface area contributed by atoms with Gasteiger partial charge in [0.25, 0.3) is 0 Å². The van der Waals surface area contributed by atoms with Gasteiger partial charge in [-0.25, -0.2) is 0 Å². The summed E-state index contributed by atoms with van der Waals surface area (Å²) in [5, 5.41) is 19.4. The number of halogens is 6. The summed E-state index contributed by atoms with van der Waals surface area (Å²) in [6, 6.07) is 25.0. The second kappa shape index (κ2) is 9.97. The molecular formula is C30H16F6N2O2. The summed E-state index contributed by atoms with van der Waals surface area (Å²) in [6.45, 7) is 0. The summed E-state index contributed by atoms with van der Waals surface area (Å²) in [5.41, 5.74) is 1.95. The van der Waals surface area contributed by atoms with Crippen molar-refractivity contribution in [1.29, 1.82) is 10.5 Å². The van der Waals surface area contributed by atoms with Crippen molar-refractivity contribution in [2.45, 2.75) is 18.6 Å². The lowest BCUT2D eigenvalue weighted by molar-refractivity contribution is -0.275. The summed E-state index contributed by atoms with van der Waals surface area (Å²) in [6.07, 6.45) is -10.1. The molecule has 4 nitrogen and oxygen atoms in total. The minimum atomic E-state index is -5.06. The van der Waals surface area contributed by atoms with Crippen LogP contribution in [0.5, 0.6) is 11.5 Å². The second-order valence-electron chi connectivity index (χ2n) is 8.91. The van der Waals surface area contributed by atoms with Crippen LogP contribution in [0.2, 0.25) is 0 Å². The summed E-state index contributed by atoms with van der Waals surface area (Å²) >= 11 is 0. The van der Waals surface area contributed by atoms with E-state index in [9.17, 15) is 36.9 Å². The fourth-order valence-electron chi connectivity index (χ4n) is 4.98. The highest BCUT2D eigenvalue weighted by molar-refractivity contribution is 5.90. The highest BCUT2D eigenvalue weighted by atomic mass is 19.4. The molecule has 200 valence electrons. The second-order valence-corrected chi connectivity index (χ2v) is 8.91. The SMILES string of the molecule is N#CC(C#N)C1c2cc(OC(F)(F)F)c(-c3ccccc3)cc2-c2cc(-c3ccccc3)c(OC(F)(F)F)cc21. The molecule has 0 atom stereocenters. The lowest BCUT2D eigenvalue weighted by Crippen LogP contribution is -2.18. The van der Waals surface area contributed by atoms with Crippen molar-refractivity contribution in [3.8, 4) is 57.0 Å². The maximum absolute atomic E-state index is 13.4. The number of ether oxygens (including phenoxy) is 2. The molecule has 10 heteroatoms. The monoisotopic (exact) mass is 550 g/mol. The Morgan fingerprint density at radius 2 is 0.950 bits per heavy atom. The third kappa shape index (κ3) is 5.16. The molecule has 4 aromatic rings. The van der Waals surface area contributed by atoms with E-state index in [2.05, 4.69) is 9.47 Å². The van der Waals surface area contributed by atoms with Crippen LogP contribution in [0.4, 0.5) is 26.3 Å². The van der Waals surface area contributed by atoms with E-state index in [0.29, 0.717) is 22.3 Å². The molecule has 0 spiro atoms. The number of hydrogen-bond acceptors (Lipinski definition) is 4. The van der Waals surface area contributed by atoms with E-state index in [1.807, 2.05) is 12.1 Å². The van der Waals surface area contributed by atoms with Crippen LogP contribution in [0.3, 0.4) is 0 Å². The first-order chi connectivity index (χ1) is 19.0. The summed E-state index contributed by atoms with van der Waals surface area (Å²) in [4.78, 5) is 0. The van der Waals surface area contributed by atoms with Gasteiger partial charge in [0.2, 0.25) is 0 Å². The molecule has 0 saturated carbocycles. The van der Waals surface area contributed by atoms with Gasteiger partial charge in [-0.1, -0.05) is 60.7 Å². The van der Waals surface area contributed by atoms with Crippen LogP contribution in [0.15, 0.2) is 84.9 Å². The largest absolute Gasteiger partial charge is 0.573 e. The van der Waals surface area contributed by atoms with Crippen LogP contribution in [-0.2, 0) is 0 Å². The van der Waals surface area contributed by atoms with Crippen molar-refractivity contribution in [2.75, 3.05) is 0 Å². The van der Waals surface area contributed by atoms with Crippen molar-refractivity contribution < 1.29 is 35.8 Å². The Kier molecular flexibility index (Phi) is 6.64. The van der Waals surface area contributed by atoms with Gasteiger partial charge in [-0.2, -0.15) is 10.5 Å². The Hall–Kier alpha value is -4.96. The molecular weight excluding hydrogens is 534 g/mol. The maximum Gasteiger partial charge on any atom is 0.573 e. The minimum Gasteiger partial charge on any atom is -0.405 e. The fraction of sp³-hybridized carbons (Fsp3) is 0.133. The molecule has 0 aromatic heterocycles. The molecule has 0 saturated heterocycles. The van der Waals surface area contributed by atoms with Crippen molar-refractivity contribution >= 4 is 0 Å². The Balaban J connectivity index is 1.83. The van der Waals surface area contributed by atoms with E-state index in [4.69, 9.17) is 0 Å². The normalized spacial score (nSPS) is 12.8. The molecule has 0 bridgehead atoms. The smallest absolute Gasteiger partial charge is 0.405 e. The van der Waals surface area contributed by atoms with Gasteiger partial charge in [0.1, 0.15) is 17.4 Å². The minimum absolute atomic E-state index is 0.0746. The zero-order valence-corrected chi connectivity index (χ0v) is 20.2. The van der Waals surface area contributed by atoms with E-state index >= 15 is 0 Å². The Morgan fingerprint density at radius 1 is 0.575 bits per heavy atom. The summed E-state index contributed by atoms with van der Waals surface area (Å²) in [5.74, 6) is -3.73. The molecule has 0 fully saturated rings. The predicted octanol–water partition coefficient (Wildman–Crippen LogP) is 8.59. The average Bonchev–Trinajstić information content (AvgIpc) is 3.20. The van der Waals surface area contributed by atoms with Gasteiger partial charge in [-0.05, 0) is 57.6 Å². The number of alkyl halides is 6. The van der Waals surface area contributed by atoms with Gasteiger partial charge in [-0.15, -0.1) is 26.3 Å². The topological polar surface area (TPSA) is 66.0 Å². The number of fused-ring (bicyclic) bond motifs is 3.